The molecule has 110 valence electrons. The van der Waals surface area contributed by atoms with Crippen LogP contribution in [0.3, 0.4) is 0 Å². The highest BCUT2D eigenvalue weighted by Crippen LogP contribution is 2.13. The summed E-state index contributed by atoms with van der Waals surface area (Å²) in [5, 5.41) is 2.90. The van der Waals surface area contributed by atoms with Crippen LogP contribution in [0.15, 0.2) is 60.7 Å². The van der Waals surface area contributed by atoms with Crippen molar-refractivity contribution in [1.29, 1.82) is 0 Å². The monoisotopic (exact) mass is 283 g/mol. The van der Waals surface area contributed by atoms with Gasteiger partial charge in [-0.3, -0.25) is 4.79 Å². The van der Waals surface area contributed by atoms with E-state index in [1.807, 2.05) is 60.7 Å². The number of para-hydroxylation sites is 2. The van der Waals surface area contributed by atoms with E-state index in [4.69, 9.17) is 4.74 Å². The van der Waals surface area contributed by atoms with Crippen LogP contribution in [-0.4, -0.2) is 12.5 Å². The summed E-state index contributed by atoms with van der Waals surface area (Å²) in [6.07, 6.45) is 1.37. The van der Waals surface area contributed by atoms with Crippen molar-refractivity contribution < 1.29 is 9.53 Å². The lowest BCUT2D eigenvalue weighted by Gasteiger charge is -2.12. The molecule has 0 bridgehead atoms. The number of hydrogen-bond acceptors (Lipinski definition) is 2. The van der Waals surface area contributed by atoms with Gasteiger partial charge in [0.15, 0.2) is 0 Å². The predicted octanol–water partition coefficient (Wildman–Crippen LogP) is 4.12. The normalized spacial score (nSPS) is 11.7. The van der Waals surface area contributed by atoms with Gasteiger partial charge in [0.1, 0.15) is 5.75 Å². The molecule has 3 heteroatoms. The summed E-state index contributed by atoms with van der Waals surface area (Å²) in [6, 6.07) is 19.3. The molecule has 2 aromatic carbocycles. The van der Waals surface area contributed by atoms with E-state index in [1.165, 1.54) is 0 Å². The average Bonchev–Trinajstić information content (AvgIpc) is 2.49. The van der Waals surface area contributed by atoms with Gasteiger partial charge in [-0.15, -0.1) is 0 Å². The number of nitrogens with one attached hydrogen (secondary N) is 1. The van der Waals surface area contributed by atoms with Gasteiger partial charge in [-0.2, -0.15) is 0 Å². The minimum atomic E-state index is 0.0495. The van der Waals surface area contributed by atoms with Crippen LogP contribution in [0.1, 0.15) is 19.8 Å². The zero-order chi connectivity index (χ0) is 14.9. The van der Waals surface area contributed by atoms with Crippen molar-refractivity contribution in [2.24, 2.45) is 5.92 Å². The lowest BCUT2D eigenvalue weighted by molar-refractivity contribution is -0.117. The Kier molecular flexibility index (Phi) is 5.83. The number of benzene rings is 2. The minimum absolute atomic E-state index is 0.0495. The van der Waals surface area contributed by atoms with Gasteiger partial charge >= 0.3 is 0 Å². The molecule has 0 radical (unpaired) electrons. The Morgan fingerprint density at radius 1 is 1.05 bits per heavy atom. The summed E-state index contributed by atoms with van der Waals surface area (Å²) < 4.78 is 5.64. The van der Waals surface area contributed by atoms with Gasteiger partial charge in [0, 0.05) is 12.1 Å². The van der Waals surface area contributed by atoms with E-state index in [9.17, 15) is 4.79 Å². The second-order valence-electron chi connectivity index (χ2n) is 5.17. The van der Waals surface area contributed by atoms with Crippen molar-refractivity contribution in [3.8, 4) is 5.75 Å². The molecule has 3 nitrogen and oxygen atoms in total. The second kappa shape index (κ2) is 8.10. The summed E-state index contributed by atoms with van der Waals surface area (Å²) >= 11 is 0. The van der Waals surface area contributed by atoms with Gasteiger partial charge in [-0.1, -0.05) is 43.3 Å². The van der Waals surface area contributed by atoms with E-state index in [0.29, 0.717) is 13.0 Å². The first kappa shape index (κ1) is 15.1. The van der Waals surface area contributed by atoms with Crippen molar-refractivity contribution in [3.05, 3.63) is 60.7 Å². The molecule has 2 rings (SSSR count). The minimum Gasteiger partial charge on any atom is -0.494 e. The van der Waals surface area contributed by atoms with Crippen molar-refractivity contribution >= 4 is 11.6 Å². The van der Waals surface area contributed by atoms with Crippen LogP contribution in [0.5, 0.6) is 5.75 Å². The van der Waals surface area contributed by atoms with E-state index < -0.39 is 0 Å². The molecule has 0 fully saturated rings. The van der Waals surface area contributed by atoms with E-state index in [0.717, 1.165) is 17.9 Å². The summed E-state index contributed by atoms with van der Waals surface area (Å²) in [4.78, 5) is 11.9. The number of amides is 1. The number of carbonyl (C=O) groups excluding carboxylic acids is 1. The topological polar surface area (TPSA) is 38.3 Å². The lowest BCUT2D eigenvalue weighted by atomic mass is 10.0. The van der Waals surface area contributed by atoms with Crippen LogP contribution in [0.4, 0.5) is 5.69 Å². The summed E-state index contributed by atoms with van der Waals surface area (Å²) in [6.45, 7) is 2.70. The molecule has 1 N–H and O–H groups in total. The Morgan fingerprint density at radius 3 is 2.33 bits per heavy atom. The largest absolute Gasteiger partial charge is 0.494 e. The summed E-state index contributed by atoms with van der Waals surface area (Å²) in [5.74, 6) is 1.21. The third kappa shape index (κ3) is 5.69. The number of hydrogen-bond donors (Lipinski definition) is 1. The molecule has 21 heavy (non-hydrogen) atoms. The predicted molar refractivity (Wildman–Crippen MR) is 85.4 cm³/mol. The molecule has 2 aromatic rings. The molecule has 0 aliphatic heterocycles. The summed E-state index contributed by atoms with van der Waals surface area (Å²) in [5.41, 5.74) is 0.843. The SMILES string of the molecule is C[C@H](CCOc1ccccc1)CC(=O)Nc1ccccc1. The quantitative estimate of drug-likeness (QED) is 0.830. The lowest BCUT2D eigenvalue weighted by Crippen LogP contribution is -2.16. The number of carbonyl (C=O) groups is 1. The van der Waals surface area contributed by atoms with Crippen LogP contribution in [0.25, 0.3) is 0 Å². The van der Waals surface area contributed by atoms with Crippen LogP contribution in [-0.2, 0) is 4.79 Å². The Bertz CT molecular complexity index is 540. The van der Waals surface area contributed by atoms with Crippen LogP contribution >= 0.6 is 0 Å². The zero-order valence-electron chi connectivity index (χ0n) is 12.3. The molecule has 0 aliphatic rings. The summed E-state index contributed by atoms with van der Waals surface area (Å²) in [7, 11) is 0. The molecule has 0 aromatic heterocycles. The molecule has 0 heterocycles. The molecule has 0 saturated carbocycles. The van der Waals surface area contributed by atoms with Crippen molar-refractivity contribution in [1.82, 2.24) is 0 Å². The van der Waals surface area contributed by atoms with Crippen LogP contribution in [0.2, 0.25) is 0 Å². The molecule has 0 unspecified atom stereocenters. The fourth-order valence-corrected chi connectivity index (χ4v) is 2.05. The first-order valence-electron chi connectivity index (χ1n) is 7.27. The van der Waals surface area contributed by atoms with Gasteiger partial charge in [-0.05, 0) is 36.6 Å². The van der Waals surface area contributed by atoms with Gasteiger partial charge in [-0.25, -0.2) is 0 Å². The Hall–Kier alpha value is -2.29. The van der Waals surface area contributed by atoms with Crippen LogP contribution in [0, 0.1) is 5.92 Å². The maximum Gasteiger partial charge on any atom is 0.224 e. The number of anilines is 1. The molecule has 0 saturated heterocycles. The smallest absolute Gasteiger partial charge is 0.224 e. The van der Waals surface area contributed by atoms with Gasteiger partial charge in [0.05, 0.1) is 6.61 Å². The second-order valence-corrected chi connectivity index (χ2v) is 5.17. The number of rotatable bonds is 7. The van der Waals surface area contributed by atoms with Crippen LogP contribution < -0.4 is 10.1 Å². The first-order valence-corrected chi connectivity index (χ1v) is 7.27. The standard InChI is InChI=1S/C18H21NO2/c1-15(12-13-21-17-10-6-3-7-11-17)14-18(20)19-16-8-4-2-5-9-16/h2-11,15H,12-14H2,1H3,(H,19,20)/t15-/m1/s1. The van der Waals surface area contributed by atoms with Gasteiger partial charge in [0.25, 0.3) is 0 Å². The van der Waals surface area contributed by atoms with Gasteiger partial charge in [0.2, 0.25) is 5.91 Å². The molecular formula is C18H21NO2. The molecule has 1 amide bonds. The van der Waals surface area contributed by atoms with Crippen molar-refractivity contribution in [2.75, 3.05) is 11.9 Å². The third-order valence-electron chi connectivity index (χ3n) is 3.21. The Morgan fingerprint density at radius 2 is 1.67 bits per heavy atom. The zero-order valence-corrected chi connectivity index (χ0v) is 12.3. The maximum atomic E-state index is 11.9. The van der Waals surface area contributed by atoms with Crippen molar-refractivity contribution in [3.63, 3.8) is 0 Å². The van der Waals surface area contributed by atoms with Gasteiger partial charge < -0.3 is 10.1 Å². The van der Waals surface area contributed by atoms with Crippen molar-refractivity contribution in [2.45, 2.75) is 19.8 Å². The highest BCUT2D eigenvalue weighted by molar-refractivity contribution is 5.90. The molecule has 1 atom stereocenters. The Balaban J connectivity index is 1.67. The molecule has 0 spiro atoms. The van der Waals surface area contributed by atoms with E-state index >= 15 is 0 Å². The highest BCUT2D eigenvalue weighted by atomic mass is 16.5. The van der Waals surface area contributed by atoms with E-state index in [2.05, 4.69) is 12.2 Å². The number of ether oxygens (including phenoxy) is 1. The van der Waals surface area contributed by atoms with E-state index in [-0.39, 0.29) is 11.8 Å². The highest BCUT2D eigenvalue weighted by Gasteiger charge is 2.09. The van der Waals surface area contributed by atoms with E-state index in [1.54, 1.807) is 0 Å². The molecular weight excluding hydrogens is 262 g/mol. The molecule has 0 aliphatic carbocycles. The average molecular weight is 283 g/mol. The third-order valence-corrected chi connectivity index (χ3v) is 3.21. The fraction of sp³-hybridized carbons (Fsp3) is 0.278. The maximum absolute atomic E-state index is 11.9. The Labute approximate surface area is 126 Å². The fourth-order valence-electron chi connectivity index (χ4n) is 2.05. The first-order chi connectivity index (χ1) is 10.2.